The van der Waals surface area contributed by atoms with Crippen molar-refractivity contribution in [2.75, 3.05) is 0 Å². The van der Waals surface area contributed by atoms with Crippen LogP contribution in [0, 0.1) is 104 Å². The molecule has 0 aromatic heterocycles. The summed E-state index contributed by atoms with van der Waals surface area (Å²) in [4.78, 5) is 0. The Morgan fingerprint density at radius 1 is 0.387 bits per heavy atom. The zero-order valence-electron chi connectivity index (χ0n) is 23.5. The summed E-state index contributed by atoms with van der Waals surface area (Å²) in [6, 6.07) is 0. The van der Waals surface area contributed by atoms with Gasteiger partial charge in [-0.05, 0) is 58.4 Å². The van der Waals surface area contributed by atoms with Crippen LogP contribution in [0.15, 0.2) is 0 Å². The third-order valence-corrected chi connectivity index (χ3v) is 17.9. The van der Waals surface area contributed by atoms with Crippen LogP contribution in [-0.4, -0.2) is 24.2 Å². The van der Waals surface area contributed by atoms with E-state index >= 15 is 0 Å². The van der Waals surface area contributed by atoms with Crippen molar-refractivity contribution in [2.45, 2.75) is 108 Å². The second-order valence-electron chi connectivity index (χ2n) is 12.3. The normalized spacial score (nSPS) is 24.0. The molecule has 0 nitrogen and oxygen atoms in total. The topological polar surface area (TPSA) is 0 Å². The number of hydrogen-bond donors (Lipinski definition) is 0. The predicted octanol–water partition coefficient (Wildman–Crippen LogP) is 8.65. The van der Waals surface area contributed by atoms with Crippen molar-refractivity contribution in [3.8, 4) is 0 Å². The molecule has 4 heteroatoms. The Morgan fingerprint density at radius 3 is 0.710 bits per heavy atom. The minimum absolute atomic E-state index is 0. The molecule has 0 saturated heterocycles. The van der Waals surface area contributed by atoms with Crippen LogP contribution in [0.2, 0.25) is 52.4 Å². The van der Waals surface area contributed by atoms with Gasteiger partial charge in [0.2, 0.25) is 0 Å². The Kier molecular flexibility index (Phi) is 12.6. The maximum Gasteiger partial charge on any atom is 0.0633 e. The SMILES string of the molecule is C[C]1[C](C)[C](C)[C]([Si](C)(C)[C]2[C](C)[C](C)[C](C)[C]2C)[C]1C.C[Si](C)(C)[CH-][Si](C)(C)C.[Sm]. The first kappa shape index (κ1) is 33.0. The summed E-state index contributed by atoms with van der Waals surface area (Å²) in [5, 5.41) is 0. The quantitative estimate of drug-likeness (QED) is 0.222. The molecule has 0 aromatic carbocycles. The van der Waals surface area contributed by atoms with E-state index in [4.69, 9.17) is 0 Å². The van der Waals surface area contributed by atoms with Crippen LogP contribution in [0.25, 0.3) is 0 Å². The second kappa shape index (κ2) is 11.8. The number of hydrogen-bond acceptors (Lipinski definition) is 0. The molecule has 0 unspecified atom stereocenters. The van der Waals surface area contributed by atoms with E-state index in [1.54, 1.807) is 11.1 Å². The van der Waals surface area contributed by atoms with Gasteiger partial charge in [-0.25, -0.2) is 0 Å². The first-order chi connectivity index (χ1) is 13.2. The van der Waals surface area contributed by atoms with E-state index in [1.807, 2.05) is 0 Å². The van der Waals surface area contributed by atoms with Crippen molar-refractivity contribution >= 4 is 24.2 Å². The van der Waals surface area contributed by atoms with Gasteiger partial charge < -0.3 is 5.67 Å². The Bertz CT molecular complexity index is 474. The maximum absolute atomic E-state index is 2.65. The molecular weight excluding hydrogens is 559 g/mol. The maximum atomic E-state index is 2.65. The summed E-state index contributed by atoms with van der Waals surface area (Å²) in [6.07, 6.45) is 0. The summed E-state index contributed by atoms with van der Waals surface area (Å²) < 4.78 is 0. The molecule has 2 aliphatic carbocycles. The molecule has 0 heterocycles. The Hall–Kier alpha value is 1.99. The number of rotatable bonds is 4. The molecule has 0 bridgehead atoms. The van der Waals surface area contributed by atoms with Crippen molar-refractivity contribution in [3.05, 3.63) is 64.1 Å². The Balaban J connectivity index is 0.000000769. The van der Waals surface area contributed by atoms with Gasteiger partial charge in [0.05, 0.1) is 8.07 Å². The van der Waals surface area contributed by atoms with Crippen molar-refractivity contribution in [1.29, 1.82) is 0 Å². The minimum Gasteiger partial charge on any atom is -0.327 e. The van der Waals surface area contributed by atoms with Crippen LogP contribution in [0.5, 0.6) is 0 Å². The van der Waals surface area contributed by atoms with Gasteiger partial charge in [-0.1, -0.05) is 108 Å². The molecule has 0 aliphatic heterocycles. The largest absolute Gasteiger partial charge is 0.327 e. The molecule has 0 amide bonds. The van der Waals surface area contributed by atoms with Crippen LogP contribution >= 0.6 is 0 Å². The van der Waals surface area contributed by atoms with Gasteiger partial charge in [0.15, 0.2) is 0 Å². The zero-order valence-corrected chi connectivity index (χ0v) is 29.1. The fourth-order valence-corrected chi connectivity index (χ4v) is 20.9. The van der Waals surface area contributed by atoms with Gasteiger partial charge in [-0.3, -0.25) is 0 Å². The molecule has 0 N–H and O–H groups in total. The smallest absolute Gasteiger partial charge is 0.0633 e. The zero-order chi connectivity index (χ0) is 24.0. The van der Waals surface area contributed by atoms with E-state index in [-0.39, 0.29) is 40.4 Å². The fraction of sp³-hybridized carbons (Fsp3) is 0.593. The first-order valence-corrected chi connectivity index (χ1v) is 21.7. The minimum atomic E-state index is -1.65. The van der Waals surface area contributed by atoms with E-state index in [9.17, 15) is 0 Å². The molecule has 2 aliphatic rings. The van der Waals surface area contributed by atoms with E-state index in [1.165, 1.54) is 47.3 Å². The standard InChI is InChI=1S/C20H30Si.C7H19Si2.Sm/c1-11-12(2)16(6)19(15(11)5)21(9,10)20-17(7)13(3)14(4)18(20)8;1-8(2,3)7-9(4,5)6;/h1-10H3;7H,1-6H3;/q;-1;. The van der Waals surface area contributed by atoms with Gasteiger partial charge in [0, 0.05) is 40.4 Å². The Labute approximate surface area is 234 Å². The van der Waals surface area contributed by atoms with E-state index in [2.05, 4.69) is 113 Å². The molecule has 0 atom stereocenters. The van der Waals surface area contributed by atoms with Crippen LogP contribution in [0.1, 0.15) is 55.4 Å². The van der Waals surface area contributed by atoms with Gasteiger partial charge >= 0.3 is 0 Å². The molecule has 176 valence electrons. The average Bonchev–Trinajstić information content (AvgIpc) is 2.85. The van der Waals surface area contributed by atoms with E-state index in [0.29, 0.717) is 0 Å². The molecule has 10 radical (unpaired) electrons. The second-order valence-corrected chi connectivity index (χ2v) is 27.1. The van der Waals surface area contributed by atoms with Crippen LogP contribution in [0.4, 0.5) is 0 Å². The average molecular weight is 608 g/mol. The van der Waals surface area contributed by atoms with Gasteiger partial charge in [-0.2, -0.15) is 0 Å². The van der Waals surface area contributed by atoms with Crippen molar-refractivity contribution in [3.63, 3.8) is 0 Å². The third kappa shape index (κ3) is 7.99. The van der Waals surface area contributed by atoms with Gasteiger partial charge in [-0.15, -0.1) is 16.1 Å². The monoisotopic (exact) mass is 609 g/mol. The van der Waals surface area contributed by atoms with Crippen LogP contribution < -0.4 is 0 Å². The summed E-state index contributed by atoms with van der Waals surface area (Å²) in [6.45, 7) is 38.0. The van der Waals surface area contributed by atoms with Crippen molar-refractivity contribution in [2.24, 2.45) is 0 Å². The first-order valence-electron chi connectivity index (χ1n) is 11.6. The fourth-order valence-electron chi connectivity index (χ4n) is 5.74. The summed E-state index contributed by atoms with van der Waals surface area (Å²) >= 11 is 0. The molecule has 0 aromatic rings. The molecular formula is C27H49Si3Sm-. The van der Waals surface area contributed by atoms with Crippen LogP contribution in [-0.2, 0) is 0 Å². The summed E-state index contributed by atoms with van der Waals surface area (Å²) in [5.74, 6) is 12.1. The van der Waals surface area contributed by atoms with Crippen molar-refractivity contribution in [1.82, 2.24) is 0 Å². The molecule has 0 spiro atoms. The summed E-state index contributed by atoms with van der Waals surface area (Å²) in [7, 11) is -3.37. The third-order valence-electron chi connectivity index (χ3n) is 6.99. The molecule has 31 heavy (non-hydrogen) atoms. The molecule has 2 saturated carbocycles. The van der Waals surface area contributed by atoms with E-state index in [0.717, 1.165) is 0 Å². The summed E-state index contributed by atoms with van der Waals surface area (Å²) in [5.41, 5.74) is 6.00. The predicted molar refractivity (Wildman–Crippen MR) is 146 cm³/mol. The van der Waals surface area contributed by atoms with Gasteiger partial charge in [0.25, 0.3) is 0 Å². The molecule has 2 fully saturated rings. The van der Waals surface area contributed by atoms with Crippen LogP contribution in [0.3, 0.4) is 0 Å². The van der Waals surface area contributed by atoms with Gasteiger partial charge in [0.1, 0.15) is 0 Å². The van der Waals surface area contributed by atoms with Crippen molar-refractivity contribution < 1.29 is 40.4 Å². The Morgan fingerprint density at radius 2 is 0.581 bits per heavy atom. The molecule has 2 rings (SSSR count). The van der Waals surface area contributed by atoms with E-state index < -0.39 is 24.2 Å².